The van der Waals surface area contributed by atoms with Gasteiger partial charge in [-0.05, 0) is 18.2 Å². The molecule has 0 spiro atoms. The van der Waals surface area contributed by atoms with Gasteiger partial charge in [0, 0.05) is 17.6 Å². The topological polar surface area (TPSA) is 43.6 Å². The zero-order valence-corrected chi connectivity index (χ0v) is 11.7. The molecule has 0 aliphatic carbocycles. The van der Waals surface area contributed by atoms with Crippen LogP contribution in [0.1, 0.15) is 0 Å². The molecule has 4 nitrogen and oxygen atoms in total. The Kier molecular flexibility index (Phi) is 2.80. The average molecular weight is 317 g/mol. The molecule has 0 unspecified atom stereocenters. The molecule has 3 heterocycles. The minimum Gasteiger partial charge on any atom is -0.237 e. The molecule has 0 amide bonds. The molecule has 0 fully saturated rings. The maximum atomic E-state index is 13.4. The summed E-state index contributed by atoms with van der Waals surface area (Å²) in [6.45, 7) is 0. The van der Waals surface area contributed by atoms with Crippen LogP contribution in [0.2, 0.25) is 5.02 Å². The molecule has 0 aliphatic heterocycles. The molecule has 0 saturated carbocycles. The van der Waals surface area contributed by atoms with E-state index in [2.05, 4.69) is 15.1 Å². The van der Waals surface area contributed by atoms with Gasteiger partial charge in [-0.25, -0.2) is 18.7 Å². The number of hydrogen-bond donors (Lipinski definition) is 0. The molecule has 4 rings (SSSR count). The Bertz CT molecular complexity index is 1010. The van der Waals surface area contributed by atoms with Crippen LogP contribution in [0, 0.1) is 11.6 Å². The molecule has 4 aromatic rings. The standard InChI is InChI=1S/C15H7ClF2N4/c16-14-8-5-10(17)11(18)6-12(8)21-15-9(14)7-20-22(15)13-3-1-2-4-19-13/h1-7H. The first-order chi connectivity index (χ1) is 10.6. The molecule has 3 aromatic heterocycles. The highest BCUT2D eigenvalue weighted by atomic mass is 35.5. The lowest BCUT2D eigenvalue weighted by Crippen LogP contribution is -2.00. The third-order valence-corrected chi connectivity index (χ3v) is 3.76. The van der Waals surface area contributed by atoms with Gasteiger partial charge in [0.05, 0.1) is 22.1 Å². The first-order valence-electron chi connectivity index (χ1n) is 6.38. The predicted octanol–water partition coefficient (Wildman–Crippen LogP) is 3.90. The third-order valence-electron chi connectivity index (χ3n) is 3.35. The summed E-state index contributed by atoms with van der Waals surface area (Å²) in [5, 5.41) is 5.38. The van der Waals surface area contributed by atoms with E-state index in [9.17, 15) is 8.78 Å². The van der Waals surface area contributed by atoms with Crippen molar-refractivity contribution in [2.75, 3.05) is 0 Å². The van der Waals surface area contributed by atoms with Crippen LogP contribution in [-0.4, -0.2) is 19.7 Å². The van der Waals surface area contributed by atoms with Gasteiger partial charge in [-0.3, -0.25) is 0 Å². The molecule has 0 N–H and O–H groups in total. The predicted molar refractivity (Wildman–Crippen MR) is 79.1 cm³/mol. The number of benzene rings is 1. The second-order valence-electron chi connectivity index (χ2n) is 4.69. The number of fused-ring (bicyclic) bond motifs is 2. The summed E-state index contributed by atoms with van der Waals surface area (Å²) in [7, 11) is 0. The fourth-order valence-corrected chi connectivity index (χ4v) is 2.60. The number of nitrogens with zero attached hydrogens (tertiary/aromatic N) is 4. The van der Waals surface area contributed by atoms with Crippen molar-refractivity contribution in [1.82, 2.24) is 19.7 Å². The Hall–Kier alpha value is -2.60. The van der Waals surface area contributed by atoms with E-state index in [1.807, 2.05) is 6.07 Å². The van der Waals surface area contributed by atoms with Gasteiger partial charge in [0.1, 0.15) is 0 Å². The molecule has 0 saturated heterocycles. The monoisotopic (exact) mass is 316 g/mol. The van der Waals surface area contributed by atoms with Crippen molar-refractivity contribution >= 4 is 33.5 Å². The molecule has 22 heavy (non-hydrogen) atoms. The van der Waals surface area contributed by atoms with Crippen molar-refractivity contribution in [2.24, 2.45) is 0 Å². The maximum absolute atomic E-state index is 13.4. The van der Waals surface area contributed by atoms with Crippen molar-refractivity contribution in [3.05, 3.63) is 59.4 Å². The maximum Gasteiger partial charge on any atom is 0.166 e. The Morgan fingerprint density at radius 2 is 1.86 bits per heavy atom. The molecule has 0 radical (unpaired) electrons. The average Bonchev–Trinajstić information content (AvgIpc) is 2.94. The Balaban J connectivity index is 2.10. The van der Waals surface area contributed by atoms with Crippen LogP contribution in [0.4, 0.5) is 8.78 Å². The van der Waals surface area contributed by atoms with Gasteiger partial charge in [-0.1, -0.05) is 17.7 Å². The molecule has 0 bridgehead atoms. The van der Waals surface area contributed by atoms with Crippen molar-refractivity contribution < 1.29 is 8.78 Å². The smallest absolute Gasteiger partial charge is 0.166 e. The van der Waals surface area contributed by atoms with E-state index in [4.69, 9.17) is 11.6 Å². The Labute approximate surface area is 128 Å². The van der Waals surface area contributed by atoms with Gasteiger partial charge in [0.2, 0.25) is 0 Å². The minimum absolute atomic E-state index is 0.258. The summed E-state index contributed by atoms with van der Waals surface area (Å²) in [4.78, 5) is 8.54. The van der Waals surface area contributed by atoms with Gasteiger partial charge < -0.3 is 0 Å². The molecule has 0 atom stereocenters. The summed E-state index contributed by atoms with van der Waals surface area (Å²) in [6, 6.07) is 7.41. The summed E-state index contributed by atoms with van der Waals surface area (Å²) in [5.74, 6) is -1.38. The van der Waals surface area contributed by atoms with Gasteiger partial charge in [-0.15, -0.1) is 0 Å². The molecular formula is C15H7ClF2N4. The van der Waals surface area contributed by atoms with Gasteiger partial charge in [0.15, 0.2) is 23.1 Å². The molecule has 7 heteroatoms. The fourth-order valence-electron chi connectivity index (χ4n) is 2.31. The van der Waals surface area contributed by atoms with Crippen LogP contribution >= 0.6 is 11.6 Å². The van der Waals surface area contributed by atoms with Crippen LogP contribution in [0.15, 0.2) is 42.7 Å². The lowest BCUT2D eigenvalue weighted by molar-refractivity contribution is 0.510. The molecular weight excluding hydrogens is 310 g/mol. The summed E-state index contributed by atoms with van der Waals surface area (Å²) >= 11 is 6.30. The number of halogens is 3. The first kappa shape index (κ1) is 13.1. The Morgan fingerprint density at radius 3 is 2.64 bits per heavy atom. The largest absolute Gasteiger partial charge is 0.237 e. The number of pyridine rings is 2. The van der Waals surface area contributed by atoms with E-state index in [0.717, 1.165) is 12.1 Å². The summed E-state index contributed by atoms with van der Waals surface area (Å²) < 4.78 is 28.3. The van der Waals surface area contributed by atoms with Crippen LogP contribution in [0.3, 0.4) is 0 Å². The highest BCUT2D eigenvalue weighted by molar-refractivity contribution is 6.40. The van der Waals surface area contributed by atoms with Crippen molar-refractivity contribution in [3.8, 4) is 5.82 Å². The zero-order chi connectivity index (χ0) is 15.3. The second kappa shape index (κ2) is 4.71. The van der Waals surface area contributed by atoms with Crippen molar-refractivity contribution in [3.63, 3.8) is 0 Å². The van der Waals surface area contributed by atoms with Crippen LogP contribution in [0.5, 0.6) is 0 Å². The van der Waals surface area contributed by atoms with E-state index in [1.165, 1.54) is 10.9 Å². The van der Waals surface area contributed by atoms with Crippen LogP contribution in [-0.2, 0) is 0 Å². The zero-order valence-electron chi connectivity index (χ0n) is 11.0. The first-order valence-corrected chi connectivity index (χ1v) is 6.76. The lowest BCUT2D eigenvalue weighted by Gasteiger charge is -2.05. The van der Waals surface area contributed by atoms with Gasteiger partial charge in [-0.2, -0.15) is 9.78 Å². The Morgan fingerprint density at radius 1 is 1.05 bits per heavy atom. The third kappa shape index (κ3) is 1.84. The molecule has 0 aliphatic rings. The van der Waals surface area contributed by atoms with Crippen molar-refractivity contribution in [2.45, 2.75) is 0 Å². The lowest BCUT2D eigenvalue weighted by atomic mass is 10.2. The van der Waals surface area contributed by atoms with E-state index in [0.29, 0.717) is 22.2 Å². The summed E-state index contributed by atoms with van der Waals surface area (Å²) in [6.07, 6.45) is 3.15. The SMILES string of the molecule is Fc1cc2nc3c(cnn3-c3ccccn3)c(Cl)c2cc1F. The number of hydrogen-bond acceptors (Lipinski definition) is 3. The van der Waals surface area contributed by atoms with Crippen molar-refractivity contribution in [1.29, 1.82) is 0 Å². The fraction of sp³-hybridized carbons (Fsp3) is 0. The second-order valence-corrected chi connectivity index (χ2v) is 5.07. The number of aromatic nitrogens is 4. The van der Waals surface area contributed by atoms with Gasteiger partial charge in [0.25, 0.3) is 0 Å². The quantitative estimate of drug-likeness (QED) is 0.535. The van der Waals surface area contributed by atoms with E-state index >= 15 is 0 Å². The highest BCUT2D eigenvalue weighted by Crippen LogP contribution is 2.32. The van der Waals surface area contributed by atoms with E-state index in [1.54, 1.807) is 18.3 Å². The normalized spacial score (nSPS) is 11.4. The van der Waals surface area contributed by atoms with Crippen LogP contribution in [0.25, 0.3) is 27.8 Å². The molecule has 1 aromatic carbocycles. The van der Waals surface area contributed by atoms with E-state index < -0.39 is 11.6 Å². The van der Waals surface area contributed by atoms with E-state index in [-0.39, 0.29) is 10.5 Å². The van der Waals surface area contributed by atoms with Crippen LogP contribution < -0.4 is 0 Å². The minimum atomic E-state index is -0.973. The number of rotatable bonds is 1. The molecule has 108 valence electrons. The summed E-state index contributed by atoms with van der Waals surface area (Å²) in [5.41, 5.74) is 0.691. The highest BCUT2D eigenvalue weighted by Gasteiger charge is 2.16. The van der Waals surface area contributed by atoms with Gasteiger partial charge >= 0.3 is 0 Å².